The van der Waals surface area contributed by atoms with Crippen LogP contribution < -0.4 is 4.90 Å². The average molecular weight is 307 g/mol. The van der Waals surface area contributed by atoms with Crippen molar-refractivity contribution in [2.75, 3.05) is 37.7 Å². The Kier molecular flexibility index (Phi) is 4.92. The minimum Gasteiger partial charge on any atom is -0.450 e. The third-order valence-electron chi connectivity index (χ3n) is 3.48. The molecule has 1 saturated heterocycles. The molecule has 2 rings (SSSR count). The number of piperazine rings is 1. The molecule has 8 nitrogen and oxygen atoms in total. The monoisotopic (exact) mass is 307 g/mol. The number of carbonyl (C=O) groups excluding carboxylic acids is 2. The predicted molar refractivity (Wildman–Crippen MR) is 79.3 cm³/mol. The highest BCUT2D eigenvalue weighted by atomic mass is 16.6. The molecule has 0 aromatic heterocycles. The van der Waals surface area contributed by atoms with E-state index in [0.717, 1.165) is 0 Å². The maximum absolute atomic E-state index is 11.6. The Bertz CT molecular complexity index is 582. The summed E-state index contributed by atoms with van der Waals surface area (Å²) in [5.74, 6) is 0. The van der Waals surface area contributed by atoms with Crippen molar-refractivity contribution in [3.8, 4) is 0 Å². The largest absolute Gasteiger partial charge is 0.450 e. The summed E-state index contributed by atoms with van der Waals surface area (Å²) >= 11 is 0. The van der Waals surface area contributed by atoms with Gasteiger partial charge in [0.15, 0.2) is 0 Å². The van der Waals surface area contributed by atoms with Gasteiger partial charge in [0.05, 0.1) is 11.5 Å². The molecule has 0 unspecified atom stereocenters. The standard InChI is InChI=1S/C14H17N3O5/c1-2-22-14(19)16-7-5-15(6-8-16)12-4-3-11(10-18)9-13(12)17(20)21/h3-4,9-10H,2,5-8H2,1H3. The van der Waals surface area contributed by atoms with Gasteiger partial charge in [-0.2, -0.15) is 0 Å². The van der Waals surface area contributed by atoms with Gasteiger partial charge in [-0.1, -0.05) is 0 Å². The number of hydrogen-bond acceptors (Lipinski definition) is 6. The number of ether oxygens (including phenoxy) is 1. The first-order valence-electron chi connectivity index (χ1n) is 6.97. The van der Waals surface area contributed by atoms with Crippen molar-refractivity contribution in [2.24, 2.45) is 0 Å². The predicted octanol–water partition coefficient (Wildman–Crippen LogP) is 1.69. The molecule has 1 aliphatic rings. The highest BCUT2D eigenvalue weighted by Crippen LogP contribution is 2.29. The van der Waals surface area contributed by atoms with Crippen LogP contribution in [0.1, 0.15) is 17.3 Å². The van der Waals surface area contributed by atoms with Gasteiger partial charge in [0.2, 0.25) is 0 Å². The van der Waals surface area contributed by atoms with Crippen molar-refractivity contribution in [1.82, 2.24) is 4.90 Å². The van der Waals surface area contributed by atoms with E-state index in [9.17, 15) is 19.7 Å². The van der Waals surface area contributed by atoms with E-state index < -0.39 is 4.92 Å². The molecule has 1 aliphatic heterocycles. The molecule has 0 radical (unpaired) electrons. The summed E-state index contributed by atoms with van der Waals surface area (Å²) in [5.41, 5.74) is 0.619. The van der Waals surface area contributed by atoms with E-state index in [2.05, 4.69) is 0 Å². The number of hydrogen-bond donors (Lipinski definition) is 0. The van der Waals surface area contributed by atoms with Gasteiger partial charge < -0.3 is 14.5 Å². The van der Waals surface area contributed by atoms with Crippen LogP contribution in [0.3, 0.4) is 0 Å². The van der Waals surface area contributed by atoms with E-state index in [0.29, 0.717) is 44.8 Å². The van der Waals surface area contributed by atoms with Crippen LogP contribution in [0.5, 0.6) is 0 Å². The van der Waals surface area contributed by atoms with Crippen LogP contribution in [0.25, 0.3) is 0 Å². The number of benzene rings is 1. The first-order chi connectivity index (χ1) is 10.6. The molecule has 1 aromatic rings. The smallest absolute Gasteiger partial charge is 0.409 e. The Labute approximate surface area is 127 Å². The van der Waals surface area contributed by atoms with Gasteiger partial charge in [-0.15, -0.1) is 0 Å². The molecule has 1 amide bonds. The number of aldehydes is 1. The average Bonchev–Trinajstić information content (AvgIpc) is 2.54. The maximum atomic E-state index is 11.6. The number of anilines is 1. The lowest BCUT2D eigenvalue weighted by Gasteiger charge is -2.35. The fraction of sp³-hybridized carbons (Fsp3) is 0.429. The van der Waals surface area contributed by atoms with Crippen molar-refractivity contribution in [3.63, 3.8) is 0 Å². The number of nitro groups is 1. The van der Waals surface area contributed by atoms with Crippen LogP contribution >= 0.6 is 0 Å². The fourth-order valence-electron chi connectivity index (χ4n) is 2.37. The molecule has 0 spiro atoms. The third kappa shape index (κ3) is 3.33. The molecule has 1 fully saturated rings. The van der Waals surface area contributed by atoms with Gasteiger partial charge in [-0.25, -0.2) is 4.79 Å². The number of carbonyl (C=O) groups is 2. The summed E-state index contributed by atoms with van der Waals surface area (Å²) in [5, 5.41) is 11.2. The van der Waals surface area contributed by atoms with Gasteiger partial charge in [0.25, 0.3) is 5.69 Å². The maximum Gasteiger partial charge on any atom is 0.409 e. The van der Waals surface area contributed by atoms with Gasteiger partial charge in [-0.05, 0) is 19.1 Å². The summed E-state index contributed by atoms with van der Waals surface area (Å²) in [6.45, 7) is 3.88. The fourth-order valence-corrected chi connectivity index (χ4v) is 2.37. The van der Waals surface area contributed by atoms with Gasteiger partial charge in [0, 0.05) is 37.8 Å². The van der Waals surface area contributed by atoms with Crippen LogP contribution in [-0.2, 0) is 4.74 Å². The van der Waals surface area contributed by atoms with Crippen LogP contribution in [0.15, 0.2) is 18.2 Å². The number of nitrogens with zero attached hydrogens (tertiary/aromatic N) is 3. The first kappa shape index (κ1) is 15.7. The number of nitro benzene ring substituents is 1. The number of amides is 1. The van der Waals surface area contributed by atoms with Gasteiger partial charge in [-0.3, -0.25) is 14.9 Å². The van der Waals surface area contributed by atoms with Crippen molar-refractivity contribution < 1.29 is 19.2 Å². The van der Waals surface area contributed by atoms with Crippen molar-refractivity contribution >= 4 is 23.8 Å². The first-order valence-corrected chi connectivity index (χ1v) is 6.97. The lowest BCUT2D eigenvalue weighted by molar-refractivity contribution is -0.384. The van der Waals surface area contributed by atoms with E-state index in [1.807, 2.05) is 4.90 Å². The highest BCUT2D eigenvalue weighted by molar-refractivity contribution is 5.79. The van der Waals surface area contributed by atoms with Crippen LogP contribution in [-0.4, -0.2) is 55.0 Å². The zero-order chi connectivity index (χ0) is 16.1. The van der Waals surface area contributed by atoms with Crippen LogP contribution in [0.2, 0.25) is 0 Å². The molecular weight excluding hydrogens is 290 g/mol. The molecule has 0 bridgehead atoms. The summed E-state index contributed by atoms with van der Waals surface area (Å²) < 4.78 is 4.94. The van der Waals surface area contributed by atoms with Gasteiger partial charge in [0.1, 0.15) is 12.0 Å². The Morgan fingerprint density at radius 1 is 1.36 bits per heavy atom. The van der Waals surface area contributed by atoms with Crippen molar-refractivity contribution in [2.45, 2.75) is 6.92 Å². The highest BCUT2D eigenvalue weighted by Gasteiger charge is 2.26. The van der Waals surface area contributed by atoms with E-state index in [1.54, 1.807) is 24.0 Å². The second-order valence-corrected chi connectivity index (χ2v) is 4.80. The molecule has 1 aromatic carbocycles. The molecular formula is C14H17N3O5. The molecule has 1 heterocycles. The zero-order valence-corrected chi connectivity index (χ0v) is 12.2. The third-order valence-corrected chi connectivity index (χ3v) is 3.48. The Balaban J connectivity index is 2.12. The summed E-state index contributed by atoms with van der Waals surface area (Å²) in [6.07, 6.45) is 0.211. The van der Waals surface area contributed by atoms with Gasteiger partial charge >= 0.3 is 6.09 Å². The van der Waals surface area contributed by atoms with Crippen molar-refractivity contribution in [3.05, 3.63) is 33.9 Å². The van der Waals surface area contributed by atoms with E-state index >= 15 is 0 Å². The Hall–Kier alpha value is -2.64. The van der Waals surface area contributed by atoms with Crippen molar-refractivity contribution in [1.29, 1.82) is 0 Å². The second kappa shape index (κ2) is 6.88. The van der Waals surface area contributed by atoms with E-state index in [4.69, 9.17) is 4.74 Å². The summed E-state index contributed by atoms with van der Waals surface area (Å²) in [6, 6.07) is 4.38. The molecule has 8 heteroatoms. The summed E-state index contributed by atoms with van der Waals surface area (Å²) in [4.78, 5) is 36.5. The minimum atomic E-state index is -0.500. The zero-order valence-electron chi connectivity index (χ0n) is 12.2. The second-order valence-electron chi connectivity index (χ2n) is 4.80. The molecule has 118 valence electrons. The topological polar surface area (TPSA) is 93.0 Å². The molecule has 0 aliphatic carbocycles. The number of rotatable bonds is 4. The molecule has 22 heavy (non-hydrogen) atoms. The minimum absolute atomic E-state index is 0.103. The van der Waals surface area contributed by atoms with E-state index in [1.165, 1.54) is 6.07 Å². The Morgan fingerprint density at radius 3 is 2.59 bits per heavy atom. The Morgan fingerprint density at radius 2 is 2.05 bits per heavy atom. The van der Waals surface area contributed by atoms with Crippen LogP contribution in [0, 0.1) is 10.1 Å². The van der Waals surface area contributed by atoms with Crippen LogP contribution in [0.4, 0.5) is 16.2 Å². The molecule has 0 saturated carbocycles. The SMILES string of the molecule is CCOC(=O)N1CCN(c2ccc(C=O)cc2[N+](=O)[O-])CC1. The van der Waals surface area contributed by atoms with E-state index in [-0.39, 0.29) is 17.3 Å². The normalized spacial score (nSPS) is 14.6. The lowest BCUT2D eigenvalue weighted by Crippen LogP contribution is -2.49. The summed E-state index contributed by atoms with van der Waals surface area (Å²) in [7, 11) is 0. The quantitative estimate of drug-likeness (QED) is 0.477. The lowest BCUT2D eigenvalue weighted by atomic mass is 10.1. The molecule has 0 atom stereocenters. The molecule has 0 N–H and O–H groups in total.